The lowest BCUT2D eigenvalue weighted by Crippen LogP contribution is -2.33. The maximum absolute atomic E-state index is 12.6. The zero-order valence-electron chi connectivity index (χ0n) is 15.3. The summed E-state index contributed by atoms with van der Waals surface area (Å²) in [6.45, 7) is 6.07. The molecule has 3 rings (SSSR count). The van der Waals surface area contributed by atoms with E-state index < -0.39 is 0 Å². The van der Waals surface area contributed by atoms with Crippen molar-refractivity contribution in [2.45, 2.75) is 46.2 Å². The predicted molar refractivity (Wildman–Crippen MR) is 106 cm³/mol. The van der Waals surface area contributed by atoms with Crippen molar-refractivity contribution in [3.8, 4) is 0 Å². The number of carbonyl (C=O) groups is 1. The van der Waals surface area contributed by atoms with Gasteiger partial charge in [-0.05, 0) is 37.0 Å². The fraction of sp³-hybridized carbons (Fsp3) is 0.350. The molecular formula is C20H23N3O2S. The van der Waals surface area contributed by atoms with Crippen LogP contribution < -0.4 is 10.9 Å². The summed E-state index contributed by atoms with van der Waals surface area (Å²) in [5.41, 5.74) is 2.14. The van der Waals surface area contributed by atoms with Crippen LogP contribution in [0.1, 0.15) is 42.8 Å². The second kappa shape index (κ2) is 7.83. The lowest BCUT2D eigenvalue weighted by molar-refractivity contribution is -0.122. The molecule has 3 aromatic rings. The minimum Gasteiger partial charge on any atom is -0.348 e. The molecule has 1 N–H and O–H groups in total. The predicted octanol–water partition coefficient (Wildman–Crippen LogP) is 3.46. The summed E-state index contributed by atoms with van der Waals surface area (Å²) in [5, 5.41) is 3.54. The normalized spacial score (nSPS) is 12.3. The second-order valence-corrected chi connectivity index (χ2v) is 7.46. The number of carbonyl (C=O) groups excluding carboxylic acids is 1. The van der Waals surface area contributed by atoms with Gasteiger partial charge in [0.2, 0.25) is 5.91 Å². The van der Waals surface area contributed by atoms with E-state index in [1.54, 1.807) is 0 Å². The number of hydrogen-bond donors (Lipinski definition) is 1. The van der Waals surface area contributed by atoms with Gasteiger partial charge in [-0.25, -0.2) is 4.98 Å². The molecule has 1 unspecified atom stereocenters. The van der Waals surface area contributed by atoms with Crippen LogP contribution in [0.3, 0.4) is 0 Å². The summed E-state index contributed by atoms with van der Waals surface area (Å²) in [6, 6.07) is 9.96. The van der Waals surface area contributed by atoms with E-state index in [0.717, 1.165) is 28.1 Å². The quantitative estimate of drug-likeness (QED) is 0.724. The first-order valence-electron chi connectivity index (χ1n) is 8.87. The zero-order valence-corrected chi connectivity index (χ0v) is 16.1. The molecule has 6 heteroatoms. The van der Waals surface area contributed by atoms with Crippen molar-refractivity contribution >= 4 is 27.5 Å². The lowest BCUT2D eigenvalue weighted by atomic mass is 10.1. The number of aromatic nitrogens is 2. The molecule has 0 aliphatic carbocycles. The van der Waals surface area contributed by atoms with Gasteiger partial charge in [-0.1, -0.05) is 38.1 Å². The summed E-state index contributed by atoms with van der Waals surface area (Å²) >= 11 is 1.52. The lowest BCUT2D eigenvalue weighted by Gasteiger charge is -2.15. The van der Waals surface area contributed by atoms with Gasteiger partial charge in [-0.3, -0.25) is 14.2 Å². The van der Waals surface area contributed by atoms with Gasteiger partial charge in [-0.2, -0.15) is 0 Å². The molecule has 5 nitrogen and oxygen atoms in total. The number of benzene rings is 1. The SMILES string of the molecule is CCc1ccc(C(C)NC(=O)Cn2cnc3sc(CC)cc3c2=O)cc1. The Hall–Kier alpha value is -2.47. The van der Waals surface area contributed by atoms with Crippen LogP contribution in [0, 0.1) is 0 Å². The van der Waals surface area contributed by atoms with E-state index in [-0.39, 0.29) is 24.1 Å². The minimum atomic E-state index is -0.203. The van der Waals surface area contributed by atoms with Crippen molar-refractivity contribution in [3.05, 3.63) is 63.0 Å². The van der Waals surface area contributed by atoms with Crippen LogP contribution in [0.4, 0.5) is 0 Å². The molecule has 0 aliphatic heterocycles. The third-order valence-electron chi connectivity index (χ3n) is 4.50. The fourth-order valence-electron chi connectivity index (χ4n) is 2.86. The molecule has 0 fully saturated rings. The van der Waals surface area contributed by atoms with Crippen LogP contribution in [-0.2, 0) is 24.2 Å². The van der Waals surface area contributed by atoms with E-state index in [0.29, 0.717) is 5.39 Å². The molecule has 0 aliphatic rings. The van der Waals surface area contributed by atoms with E-state index in [1.165, 1.54) is 27.8 Å². The maximum atomic E-state index is 12.6. The van der Waals surface area contributed by atoms with Crippen LogP contribution in [-0.4, -0.2) is 15.5 Å². The summed E-state index contributed by atoms with van der Waals surface area (Å²) < 4.78 is 1.37. The zero-order chi connectivity index (χ0) is 18.7. The Morgan fingerprint density at radius 3 is 2.62 bits per heavy atom. The number of amides is 1. The summed E-state index contributed by atoms with van der Waals surface area (Å²) in [7, 11) is 0. The van der Waals surface area contributed by atoms with E-state index in [9.17, 15) is 9.59 Å². The average molecular weight is 369 g/mol. The van der Waals surface area contributed by atoms with Crippen LogP contribution in [0.5, 0.6) is 0 Å². The van der Waals surface area contributed by atoms with Gasteiger partial charge in [0.05, 0.1) is 17.8 Å². The molecule has 26 heavy (non-hydrogen) atoms. The Bertz CT molecular complexity index is 973. The highest BCUT2D eigenvalue weighted by molar-refractivity contribution is 7.18. The van der Waals surface area contributed by atoms with Gasteiger partial charge in [0.25, 0.3) is 5.56 Å². The first-order chi connectivity index (χ1) is 12.5. The standard InChI is InChI=1S/C20H23N3O2S/c1-4-14-6-8-15(9-7-14)13(3)22-18(24)11-23-12-21-19-17(20(23)25)10-16(5-2)26-19/h6-10,12-13H,4-5,11H2,1-3H3,(H,22,24). The van der Waals surface area contributed by atoms with E-state index in [1.807, 2.05) is 32.0 Å². The highest BCUT2D eigenvalue weighted by atomic mass is 32.1. The van der Waals surface area contributed by atoms with Crippen molar-refractivity contribution in [1.82, 2.24) is 14.9 Å². The van der Waals surface area contributed by atoms with Crippen LogP contribution in [0.25, 0.3) is 10.2 Å². The number of nitrogens with one attached hydrogen (secondary N) is 1. The van der Waals surface area contributed by atoms with Crippen molar-refractivity contribution in [2.75, 3.05) is 0 Å². The average Bonchev–Trinajstić information content (AvgIpc) is 3.08. The van der Waals surface area contributed by atoms with Crippen molar-refractivity contribution < 1.29 is 4.79 Å². The molecule has 1 aromatic carbocycles. The fourth-order valence-corrected chi connectivity index (χ4v) is 3.79. The minimum absolute atomic E-state index is 0.0313. The number of aryl methyl sites for hydroxylation is 2. The Morgan fingerprint density at radius 2 is 1.96 bits per heavy atom. The highest BCUT2D eigenvalue weighted by Gasteiger charge is 2.13. The van der Waals surface area contributed by atoms with Crippen molar-refractivity contribution in [3.63, 3.8) is 0 Å². The van der Waals surface area contributed by atoms with Crippen LogP contribution >= 0.6 is 11.3 Å². The summed E-state index contributed by atoms with van der Waals surface area (Å²) in [6.07, 6.45) is 3.32. The molecule has 2 heterocycles. The van der Waals surface area contributed by atoms with Gasteiger partial charge in [0.1, 0.15) is 11.4 Å². The molecule has 0 saturated heterocycles. The Kier molecular flexibility index (Phi) is 5.52. The molecule has 1 atom stereocenters. The Morgan fingerprint density at radius 1 is 1.23 bits per heavy atom. The molecule has 0 radical (unpaired) electrons. The largest absolute Gasteiger partial charge is 0.348 e. The molecular weight excluding hydrogens is 346 g/mol. The third kappa shape index (κ3) is 3.85. The van der Waals surface area contributed by atoms with Gasteiger partial charge in [0.15, 0.2) is 0 Å². The van der Waals surface area contributed by atoms with Crippen molar-refractivity contribution in [1.29, 1.82) is 0 Å². The van der Waals surface area contributed by atoms with Crippen LogP contribution in [0.2, 0.25) is 0 Å². The summed E-state index contributed by atoms with van der Waals surface area (Å²) in [4.78, 5) is 31.1. The molecule has 0 bridgehead atoms. The molecule has 0 spiro atoms. The van der Waals surface area contributed by atoms with Gasteiger partial charge >= 0.3 is 0 Å². The number of thiophene rings is 1. The second-order valence-electron chi connectivity index (χ2n) is 6.35. The number of rotatable bonds is 6. The first kappa shape index (κ1) is 18.3. The topological polar surface area (TPSA) is 64.0 Å². The molecule has 0 saturated carbocycles. The number of hydrogen-bond acceptors (Lipinski definition) is 4. The van der Waals surface area contributed by atoms with Gasteiger partial charge in [0, 0.05) is 4.88 Å². The molecule has 136 valence electrons. The summed E-state index contributed by atoms with van der Waals surface area (Å²) in [5.74, 6) is -0.203. The van der Waals surface area contributed by atoms with E-state index in [2.05, 4.69) is 29.4 Å². The van der Waals surface area contributed by atoms with Gasteiger partial charge < -0.3 is 5.32 Å². The maximum Gasteiger partial charge on any atom is 0.262 e. The number of nitrogens with zero attached hydrogens (tertiary/aromatic N) is 2. The van der Waals surface area contributed by atoms with E-state index in [4.69, 9.17) is 0 Å². The monoisotopic (exact) mass is 369 g/mol. The molecule has 2 aromatic heterocycles. The van der Waals surface area contributed by atoms with Gasteiger partial charge in [-0.15, -0.1) is 11.3 Å². The van der Waals surface area contributed by atoms with E-state index >= 15 is 0 Å². The highest BCUT2D eigenvalue weighted by Crippen LogP contribution is 2.21. The Labute approximate surface area is 156 Å². The molecule has 1 amide bonds. The van der Waals surface area contributed by atoms with Crippen LogP contribution in [0.15, 0.2) is 41.5 Å². The smallest absolute Gasteiger partial charge is 0.262 e. The first-order valence-corrected chi connectivity index (χ1v) is 9.69. The number of fused-ring (bicyclic) bond motifs is 1. The Balaban J connectivity index is 1.72. The van der Waals surface area contributed by atoms with Crippen molar-refractivity contribution in [2.24, 2.45) is 0 Å². The third-order valence-corrected chi connectivity index (χ3v) is 5.68.